The van der Waals surface area contributed by atoms with E-state index in [-0.39, 0.29) is 23.4 Å². The van der Waals surface area contributed by atoms with Gasteiger partial charge in [0.15, 0.2) is 0 Å². The fourth-order valence-electron chi connectivity index (χ4n) is 3.87. The summed E-state index contributed by atoms with van der Waals surface area (Å²) in [4.78, 5) is 0. The molecule has 5 rings (SSSR count). The zero-order chi connectivity index (χ0) is 13.3. The average Bonchev–Trinajstić information content (AvgIpc) is 3.05. The molecule has 3 nitrogen and oxygen atoms in total. The van der Waals surface area contributed by atoms with Gasteiger partial charge in [0.05, 0.1) is 11.4 Å². The minimum atomic E-state index is -1.09. The first-order valence-corrected chi connectivity index (χ1v) is 8.06. The first-order valence-electron chi connectivity index (χ1n) is 6.85. The number of para-hydroxylation sites is 1. The maximum atomic E-state index is 12.6. The van der Waals surface area contributed by atoms with Gasteiger partial charge in [0, 0.05) is 11.6 Å². The summed E-state index contributed by atoms with van der Waals surface area (Å²) in [5, 5.41) is 0.0183. The van der Waals surface area contributed by atoms with Crippen molar-refractivity contribution in [2.24, 2.45) is 0 Å². The van der Waals surface area contributed by atoms with Crippen LogP contribution in [-0.2, 0) is 15.7 Å². The topological polar surface area (TPSA) is 38.3 Å². The van der Waals surface area contributed by atoms with Gasteiger partial charge in [-0.25, -0.2) is 4.21 Å². The normalized spacial score (nSPS) is 35.9. The number of benzene rings is 2. The highest BCUT2D eigenvalue weighted by Crippen LogP contribution is 2.61. The highest BCUT2D eigenvalue weighted by Gasteiger charge is 2.57. The molecule has 4 heteroatoms. The standard InChI is InChI=1S/C16H13NO2S/c18-20-16-13(11-7-3-4-8-12(11)17-20)14-9-5-1-2-6-10(9)15(16)19-14/h1-8,13-17H/t13-,14+,15-,16-,20?/m1/s1. The minimum Gasteiger partial charge on any atom is -0.364 e. The monoisotopic (exact) mass is 283 g/mol. The van der Waals surface area contributed by atoms with Crippen LogP contribution in [0.25, 0.3) is 0 Å². The van der Waals surface area contributed by atoms with Gasteiger partial charge >= 0.3 is 0 Å². The lowest BCUT2D eigenvalue weighted by molar-refractivity contribution is 0.0683. The molecular formula is C16H13NO2S. The molecule has 0 saturated carbocycles. The van der Waals surface area contributed by atoms with Crippen LogP contribution in [0, 0.1) is 0 Å². The largest absolute Gasteiger partial charge is 0.364 e. The Labute approximate surface area is 119 Å². The molecular weight excluding hydrogens is 270 g/mol. The quantitative estimate of drug-likeness (QED) is 0.807. The van der Waals surface area contributed by atoms with E-state index in [1.807, 2.05) is 24.3 Å². The Hall–Kier alpha value is -1.65. The predicted octanol–water partition coefficient (Wildman–Crippen LogP) is 3.05. The van der Waals surface area contributed by atoms with Crippen LogP contribution in [-0.4, -0.2) is 9.46 Å². The van der Waals surface area contributed by atoms with E-state index in [1.165, 1.54) is 16.7 Å². The molecule has 0 aliphatic carbocycles. The van der Waals surface area contributed by atoms with Gasteiger partial charge in [-0.15, -0.1) is 0 Å². The predicted molar refractivity (Wildman–Crippen MR) is 77.7 cm³/mol. The smallest absolute Gasteiger partial charge is 0.124 e. The van der Waals surface area contributed by atoms with E-state index in [4.69, 9.17) is 4.74 Å². The van der Waals surface area contributed by atoms with Gasteiger partial charge < -0.3 is 9.46 Å². The first kappa shape index (κ1) is 11.1. The van der Waals surface area contributed by atoms with Gasteiger partial charge in [-0.2, -0.15) is 0 Å². The van der Waals surface area contributed by atoms with Crippen LogP contribution in [0.15, 0.2) is 48.5 Å². The summed E-state index contributed by atoms with van der Waals surface area (Å²) in [7, 11) is -1.09. The summed E-state index contributed by atoms with van der Waals surface area (Å²) in [6, 6.07) is 16.5. The number of fused-ring (bicyclic) bond motifs is 10. The van der Waals surface area contributed by atoms with Crippen LogP contribution in [0.3, 0.4) is 0 Å². The van der Waals surface area contributed by atoms with E-state index in [1.54, 1.807) is 0 Å². The van der Waals surface area contributed by atoms with Crippen molar-refractivity contribution >= 4 is 16.7 Å². The number of nitrogens with one attached hydrogen (secondary N) is 1. The van der Waals surface area contributed by atoms with Crippen molar-refractivity contribution in [2.45, 2.75) is 23.4 Å². The molecule has 0 amide bonds. The summed E-state index contributed by atoms with van der Waals surface area (Å²) >= 11 is 0. The molecule has 1 fully saturated rings. The molecule has 1 saturated heterocycles. The Morgan fingerprint density at radius 2 is 1.55 bits per heavy atom. The van der Waals surface area contributed by atoms with Crippen molar-refractivity contribution in [1.29, 1.82) is 0 Å². The van der Waals surface area contributed by atoms with E-state index in [0.717, 1.165) is 5.69 Å². The molecule has 0 spiro atoms. The van der Waals surface area contributed by atoms with Gasteiger partial charge in [0.2, 0.25) is 0 Å². The third-order valence-corrected chi connectivity index (χ3v) is 6.11. The molecule has 3 aliphatic rings. The zero-order valence-electron chi connectivity index (χ0n) is 10.7. The molecule has 3 heterocycles. The van der Waals surface area contributed by atoms with E-state index < -0.39 is 11.0 Å². The van der Waals surface area contributed by atoms with Crippen LogP contribution in [0.2, 0.25) is 0 Å². The molecule has 3 aliphatic heterocycles. The van der Waals surface area contributed by atoms with Crippen molar-refractivity contribution in [3.63, 3.8) is 0 Å². The Kier molecular flexibility index (Phi) is 2.05. The summed E-state index contributed by atoms with van der Waals surface area (Å²) in [6.07, 6.45) is 0.0105. The maximum absolute atomic E-state index is 12.6. The zero-order valence-corrected chi connectivity index (χ0v) is 11.5. The second kappa shape index (κ2) is 3.71. The second-order valence-electron chi connectivity index (χ2n) is 5.58. The lowest BCUT2D eigenvalue weighted by Crippen LogP contribution is -2.36. The molecule has 1 unspecified atom stereocenters. The Balaban J connectivity index is 1.75. The van der Waals surface area contributed by atoms with Gasteiger partial charge in [0.25, 0.3) is 0 Å². The van der Waals surface area contributed by atoms with Crippen molar-refractivity contribution < 1.29 is 8.95 Å². The summed E-state index contributed by atoms with van der Waals surface area (Å²) < 4.78 is 21.9. The number of hydrogen-bond donors (Lipinski definition) is 1. The van der Waals surface area contributed by atoms with Crippen LogP contribution < -0.4 is 4.72 Å². The van der Waals surface area contributed by atoms with Gasteiger partial charge in [-0.05, 0) is 22.8 Å². The van der Waals surface area contributed by atoms with Crippen LogP contribution in [0.4, 0.5) is 5.69 Å². The average molecular weight is 283 g/mol. The number of hydrogen-bond acceptors (Lipinski definition) is 2. The van der Waals surface area contributed by atoms with E-state index in [9.17, 15) is 4.21 Å². The SMILES string of the molecule is O=S1Nc2ccccc2[C@H]2[C@@H]1[C@@H]1O[C@H]2c2ccccc21. The molecule has 5 atom stereocenters. The number of anilines is 1. The number of ether oxygens (including phenoxy) is 1. The van der Waals surface area contributed by atoms with Crippen molar-refractivity contribution in [3.8, 4) is 0 Å². The van der Waals surface area contributed by atoms with E-state index >= 15 is 0 Å². The third-order valence-electron chi connectivity index (χ3n) is 4.66. The Morgan fingerprint density at radius 3 is 2.35 bits per heavy atom. The summed E-state index contributed by atoms with van der Waals surface area (Å²) in [6.45, 7) is 0. The van der Waals surface area contributed by atoms with E-state index in [0.29, 0.717) is 0 Å². The highest BCUT2D eigenvalue weighted by atomic mass is 32.2. The molecule has 20 heavy (non-hydrogen) atoms. The van der Waals surface area contributed by atoms with Crippen LogP contribution in [0.1, 0.15) is 34.8 Å². The van der Waals surface area contributed by atoms with Crippen LogP contribution >= 0.6 is 0 Å². The molecule has 1 N–H and O–H groups in total. The summed E-state index contributed by atoms with van der Waals surface area (Å²) in [5.41, 5.74) is 4.71. The lowest BCUT2D eigenvalue weighted by atomic mass is 9.79. The fraction of sp³-hybridized carbons (Fsp3) is 0.250. The van der Waals surface area contributed by atoms with Gasteiger partial charge in [-0.3, -0.25) is 0 Å². The van der Waals surface area contributed by atoms with Crippen molar-refractivity contribution in [1.82, 2.24) is 0 Å². The van der Waals surface area contributed by atoms with Gasteiger partial charge in [-0.1, -0.05) is 42.5 Å². The van der Waals surface area contributed by atoms with Gasteiger partial charge in [0.1, 0.15) is 17.1 Å². The van der Waals surface area contributed by atoms with Crippen LogP contribution in [0.5, 0.6) is 0 Å². The molecule has 2 aromatic carbocycles. The summed E-state index contributed by atoms with van der Waals surface area (Å²) in [5.74, 6) is 0.202. The first-order chi connectivity index (χ1) is 9.84. The van der Waals surface area contributed by atoms with E-state index in [2.05, 4.69) is 29.0 Å². The molecule has 2 aromatic rings. The third kappa shape index (κ3) is 1.21. The molecule has 0 aromatic heterocycles. The lowest BCUT2D eigenvalue weighted by Gasteiger charge is -2.34. The second-order valence-corrected chi connectivity index (χ2v) is 6.93. The van der Waals surface area contributed by atoms with Crippen molar-refractivity contribution in [3.05, 3.63) is 65.2 Å². The molecule has 100 valence electrons. The minimum absolute atomic E-state index is 0.0183. The maximum Gasteiger partial charge on any atom is 0.124 e. The highest BCUT2D eigenvalue weighted by molar-refractivity contribution is 7.87. The fourth-order valence-corrected chi connectivity index (χ4v) is 5.40. The molecule has 2 bridgehead atoms. The Morgan fingerprint density at radius 1 is 0.900 bits per heavy atom. The van der Waals surface area contributed by atoms with Crippen molar-refractivity contribution in [2.75, 3.05) is 4.72 Å². The number of rotatable bonds is 0. The Bertz CT molecular complexity index is 745. The molecule has 0 radical (unpaired) electrons.